The lowest BCUT2D eigenvalue weighted by Crippen LogP contribution is -2.40. The van der Waals surface area contributed by atoms with E-state index in [1.165, 1.54) is 18.2 Å². The molecule has 6 heteroatoms. The van der Waals surface area contributed by atoms with Gasteiger partial charge in [0.15, 0.2) is 5.96 Å². The smallest absolute Gasteiger partial charge is 0.310 e. The predicted octanol–water partition coefficient (Wildman–Crippen LogP) is 2.09. The number of guanidine groups is 1. The van der Waals surface area contributed by atoms with Crippen molar-refractivity contribution in [2.75, 3.05) is 20.7 Å². The molecule has 0 saturated carbocycles. The van der Waals surface area contributed by atoms with Crippen LogP contribution < -0.4 is 10.6 Å². The van der Waals surface area contributed by atoms with E-state index >= 15 is 0 Å². The average molecular weight is 405 g/mol. The molecule has 0 aliphatic heterocycles. The highest BCUT2D eigenvalue weighted by atomic mass is 127. The lowest BCUT2D eigenvalue weighted by molar-refractivity contribution is -0.144. The zero-order valence-corrected chi connectivity index (χ0v) is 15.3. The molecule has 0 heterocycles. The minimum Gasteiger partial charge on any atom is -0.469 e. The zero-order chi connectivity index (χ0) is 15.0. The quantitative estimate of drug-likeness (QED) is 0.341. The van der Waals surface area contributed by atoms with Crippen LogP contribution >= 0.6 is 24.0 Å². The molecular formula is C15H24IN3O2. The van der Waals surface area contributed by atoms with Gasteiger partial charge in [-0.25, -0.2) is 0 Å². The molecule has 0 radical (unpaired) electrons. The summed E-state index contributed by atoms with van der Waals surface area (Å²) >= 11 is 0. The maximum atomic E-state index is 11.3. The number of carbonyl (C=O) groups excluding carboxylic acids is 1. The molecule has 1 aromatic carbocycles. The number of hydrogen-bond acceptors (Lipinski definition) is 3. The molecule has 1 rings (SSSR count). The molecule has 0 bridgehead atoms. The maximum Gasteiger partial charge on any atom is 0.310 e. The van der Waals surface area contributed by atoms with E-state index in [0.29, 0.717) is 19.0 Å². The number of methoxy groups -OCH3 is 1. The van der Waals surface area contributed by atoms with E-state index in [1.807, 2.05) is 19.1 Å². The molecule has 0 aromatic heterocycles. The van der Waals surface area contributed by atoms with Gasteiger partial charge < -0.3 is 15.4 Å². The third-order valence-electron chi connectivity index (χ3n) is 3.11. The Balaban J connectivity index is 0.00000400. The van der Waals surface area contributed by atoms with Crippen LogP contribution in [0.5, 0.6) is 0 Å². The van der Waals surface area contributed by atoms with Gasteiger partial charge in [-0.3, -0.25) is 9.79 Å². The van der Waals surface area contributed by atoms with Crippen molar-refractivity contribution >= 4 is 35.9 Å². The van der Waals surface area contributed by atoms with Gasteiger partial charge in [0.05, 0.1) is 13.0 Å². The van der Waals surface area contributed by atoms with Crippen molar-refractivity contribution < 1.29 is 9.53 Å². The standard InChI is InChI=1S/C15H23N3O2.HI/c1-11-7-5-6-8-13(11)10-18-15(16-3)17-9-12(2)14(19)20-4;/h5-8,12H,9-10H2,1-4H3,(H2,16,17,18);1H. The van der Waals surface area contributed by atoms with Crippen LogP contribution in [0.2, 0.25) is 0 Å². The zero-order valence-electron chi connectivity index (χ0n) is 13.0. The lowest BCUT2D eigenvalue weighted by Gasteiger charge is -2.15. The van der Waals surface area contributed by atoms with E-state index in [0.717, 1.165) is 0 Å². The first-order valence-electron chi connectivity index (χ1n) is 6.65. The second-order valence-corrected chi connectivity index (χ2v) is 4.66. The number of aliphatic imine (C=N–C) groups is 1. The number of rotatable bonds is 5. The summed E-state index contributed by atoms with van der Waals surface area (Å²) in [6.45, 7) is 5.07. The monoisotopic (exact) mass is 405 g/mol. The molecule has 0 fully saturated rings. The number of nitrogens with one attached hydrogen (secondary N) is 2. The van der Waals surface area contributed by atoms with Crippen LogP contribution in [0.3, 0.4) is 0 Å². The summed E-state index contributed by atoms with van der Waals surface area (Å²) in [5.74, 6) is 0.230. The summed E-state index contributed by atoms with van der Waals surface area (Å²) in [5.41, 5.74) is 2.45. The highest BCUT2D eigenvalue weighted by Gasteiger charge is 2.13. The molecule has 1 atom stereocenters. The predicted molar refractivity (Wildman–Crippen MR) is 96.0 cm³/mol. The molecule has 118 valence electrons. The maximum absolute atomic E-state index is 11.3. The van der Waals surface area contributed by atoms with Gasteiger partial charge in [0, 0.05) is 20.1 Å². The number of esters is 1. The van der Waals surface area contributed by atoms with Crippen LogP contribution in [0.15, 0.2) is 29.3 Å². The Morgan fingerprint density at radius 1 is 1.33 bits per heavy atom. The van der Waals surface area contributed by atoms with E-state index < -0.39 is 0 Å². The lowest BCUT2D eigenvalue weighted by atomic mass is 10.1. The highest BCUT2D eigenvalue weighted by Crippen LogP contribution is 2.05. The Morgan fingerprint density at radius 3 is 2.57 bits per heavy atom. The van der Waals surface area contributed by atoms with E-state index in [1.54, 1.807) is 7.05 Å². The van der Waals surface area contributed by atoms with Crippen LogP contribution in [0.25, 0.3) is 0 Å². The SMILES string of the molecule is CN=C(NCc1ccccc1C)NCC(C)C(=O)OC.I. The fourth-order valence-electron chi connectivity index (χ4n) is 1.74. The van der Waals surface area contributed by atoms with Gasteiger partial charge in [-0.05, 0) is 18.1 Å². The summed E-state index contributed by atoms with van der Waals surface area (Å²) in [5, 5.41) is 6.34. The number of carbonyl (C=O) groups is 1. The molecule has 0 aliphatic rings. The third-order valence-corrected chi connectivity index (χ3v) is 3.11. The van der Waals surface area contributed by atoms with Crippen LogP contribution in [0.4, 0.5) is 0 Å². The van der Waals surface area contributed by atoms with Gasteiger partial charge in [-0.15, -0.1) is 24.0 Å². The van der Waals surface area contributed by atoms with Crippen LogP contribution in [-0.4, -0.2) is 32.6 Å². The van der Waals surface area contributed by atoms with Gasteiger partial charge in [0.1, 0.15) is 0 Å². The van der Waals surface area contributed by atoms with E-state index in [9.17, 15) is 4.79 Å². The number of hydrogen-bond donors (Lipinski definition) is 2. The molecule has 0 saturated heterocycles. The minimum absolute atomic E-state index is 0. The normalized spacial score (nSPS) is 12.1. The topological polar surface area (TPSA) is 62.7 Å². The summed E-state index contributed by atoms with van der Waals surface area (Å²) in [6, 6.07) is 8.18. The molecule has 1 aromatic rings. The molecule has 2 N–H and O–H groups in total. The van der Waals surface area contributed by atoms with Crippen LogP contribution in [0.1, 0.15) is 18.1 Å². The van der Waals surface area contributed by atoms with Crippen molar-refractivity contribution in [1.82, 2.24) is 10.6 Å². The number of nitrogens with zero attached hydrogens (tertiary/aromatic N) is 1. The van der Waals surface area contributed by atoms with Crippen LogP contribution in [0, 0.1) is 12.8 Å². The van der Waals surface area contributed by atoms with Crippen molar-refractivity contribution in [3.8, 4) is 0 Å². The molecule has 0 aliphatic carbocycles. The molecule has 1 unspecified atom stereocenters. The summed E-state index contributed by atoms with van der Waals surface area (Å²) in [4.78, 5) is 15.4. The molecule has 0 spiro atoms. The highest BCUT2D eigenvalue weighted by molar-refractivity contribution is 14.0. The molecule has 0 amide bonds. The average Bonchev–Trinajstić information content (AvgIpc) is 2.47. The van der Waals surface area contributed by atoms with Crippen molar-refractivity contribution in [1.29, 1.82) is 0 Å². The summed E-state index contributed by atoms with van der Waals surface area (Å²) < 4.78 is 4.68. The third kappa shape index (κ3) is 6.79. The Bertz CT molecular complexity index is 478. The second kappa shape index (κ2) is 10.4. The van der Waals surface area contributed by atoms with E-state index in [2.05, 4.69) is 39.4 Å². The first-order valence-corrected chi connectivity index (χ1v) is 6.65. The van der Waals surface area contributed by atoms with Crippen molar-refractivity contribution in [2.45, 2.75) is 20.4 Å². The van der Waals surface area contributed by atoms with E-state index in [4.69, 9.17) is 0 Å². The number of halogens is 1. The number of aryl methyl sites for hydroxylation is 1. The Morgan fingerprint density at radius 2 is 2.00 bits per heavy atom. The van der Waals surface area contributed by atoms with Gasteiger partial charge in [0.2, 0.25) is 0 Å². The van der Waals surface area contributed by atoms with Gasteiger partial charge in [0.25, 0.3) is 0 Å². The van der Waals surface area contributed by atoms with Crippen molar-refractivity contribution in [3.05, 3.63) is 35.4 Å². The van der Waals surface area contributed by atoms with Gasteiger partial charge >= 0.3 is 5.97 Å². The fourth-order valence-corrected chi connectivity index (χ4v) is 1.74. The molecule has 5 nitrogen and oxygen atoms in total. The van der Waals surface area contributed by atoms with Gasteiger partial charge in [-0.2, -0.15) is 0 Å². The fraction of sp³-hybridized carbons (Fsp3) is 0.467. The summed E-state index contributed by atoms with van der Waals surface area (Å²) in [7, 11) is 3.10. The minimum atomic E-state index is -0.230. The summed E-state index contributed by atoms with van der Waals surface area (Å²) in [6.07, 6.45) is 0. The second-order valence-electron chi connectivity index (χ2n) is 4.66. The number of ether oxygens (including phenoxy) is 1. The van der Waals surface area contributed by atoms with E-state index in [-0.39, 0.29) is 35.9 Å². The molecular weight excluding hydrogens is 381 g/mol. The first-order chi connectivity index (χ1) is 9.58. The van der Waals surface area contributed by atoms with Crippen molar-refractivity contribution in [2.24, 2.45) is 10.9 Å². The van der Waals surface area contributed by atoms with Crippen molar-refractivity contribution in [3.63, 3.8) is 0 Å². The Hall–Kier alpha value is -1.31. The Kier molecular flexibility index (Phi) is 9.77. The Labute approximate surface area is 143 Å². The first kappa shape index (κ1) is 19.7. The van der Waals surface area contributed by atoms with Crippen LogP contribution in [-0.2, 0) is 16.1 Å². The van der Waals surface area contributed by atoms with Gasteiger partial charge in [-0.1, -0.05) is 31.2 Å². The largest absolute Gasteiger partial charge is 0.469 e. The molecule has 21 heavy (non-hydrogen) atoms. The number of benzene rings is 1.